The molecule has 1 saturated carbocycles. The zero-order valence-corrected chi connectivity index (χ0v) is 8.16. The maximum absolute atomic E-state index is 8.87. The number of nitrogens with two attached hydrogens (primary N) is 1. The van der Waals surface area contributed by atoms with Crippen molar-refractivity contribution in [3.63, 3.8) is 0 Å². The maximum atomic E-state index is 8.87. The molecule has 1 unspecified atom stereocenters. The van der Waals surface area contributed by atoms with Crippen LogP contribution in [-0.4, -0.2) is 41.1 Å². The monoisotopic (exact) mass is 185 g/mol. The number of hydrogen-bond donors (Lipinski definition) is 3. The summed E-state index contributed by atoms with van der Waals surface area (Å²) >= 11 is 0. The third kappa shape index (κ3) is 3.32. The van der Waals surface area contributed by atoms with Gasteiger partial charge in [0.15, 0.2) is 0 Å². The molecule has 0 radical (unpaired) electrons. The SMILES string of the molecule is CC(CC(=N)N)N(CCO)C1CC1. The van der Waals surface area contributed by atoms with Crippen molar-refractivity contribution >= 4 is 5.84 Å². The van der Waals surface area contributed by atoms with Gasteiger partial charge in [0.2, 0.25) is 0 Å². The second-order valence-corrected chi connectivity index (χ2v) is 3.77. The number of aliphatic hydroxyl groups excluding tert-OH is 1. The van der Waals surface area contributed by atoms with Gasteiger partial charge < -0.3 is 10.8 Å². The molecule has 4 nitrogen and oxygen atoms in total. The summed E-state index contributed by atoms with van der Waals surface area (Å²) in [5.41, 5.74) is 5.34. The molecule has 0 bridgehead atoms. The van der Waals surface area contributed by atoms with Gasteiger partial charge >= 0.3 is 0 Å². The fourth-order valence-corrected chi connectivity index (χ4v) is 1.72. The number of rotatable bonds is 6. The minimum atomic E-state index is 0.193. The first-order valence-electron chi connectivity index (χ1n) is 4.84. The van der Waals surface area contributed by atoms with Crippen molar-refractivity contribution < 1.29 is 5.11 Å². The second-order valence-electron chi connectivity index (χ2n) is 3.77. The van der Waals surface area contributed by atoms with E-state index in [1.54, 1.807) is 0 Å². The van der Waals surface area contributed by atoms with Crippen LogP contribution in [0.3, 0.4) is 0 Å². The van der Waals surface area contributed by atoms with Gasteiger partial charge in [0.25, 0.3) is 0 Å². The number of nitrogens with one attached hydrogen (secondary N) is 1. The quantitative estimate of drug-likeness (QED) is 0.407. The molecule has 0 aromatic rings. The molecule has 0 aromatic carbocycles. The molecule has 76 valence electrons. The van der Waals surface area contributed by atoms with Gasteiger partial charge in [0.05, 0.1) is 12.4 Å². The van der Waals surface area contributed by atoms with Crippen LogP contribution >= 0.6 is 0 Å². The summed E-state index contributed by atoms with van der Waals surface area (Å²) in [4.78, 5) is 2.25. The average Bonchev–Trinajstić information content (AvgIpc) is 2.81. The van der Waals surface area contributed by atoms with Gasteiger partial charge in [-0.05, 0) is 19.8 Å². The lowest BCUT2D eigenvalue weighted by atomic mass is 10.2. The van der Waals surface area contributed by atoms with Gasteiger partial charge in [-0.25, -0.2) is 0 Å². The summed E-state index contributed by atoms with van der Waals surface area (Å²) in [5, 5.41) is 16.1. The van der Waals surface area contributed by atoms with Gasteiger partial charge in [-0.15, -0.1) is 0 Å². The first-order chi connectivity index (χ1) is 6.15. The first-order valence-corrected chi connectivity index (χ1v) is 4.84. The second kappa shape index (κ2) is 4.58. The van der Waals surface area contributed by atoms with E-state index in [9.17, 15) is 0 Å². The van der Waals surface area contributed by atoms with Gasteiger partial charge in [-0.3, -0.25) is 10.3 Å². The van der Waals surface area contributed by atoms with Gasteiger partial charge in [0.1, 0.15) is 0 Å². The zero-order chi connectivity index (χ0) is 9.84. The summed E-state index contributed by atoms with van der Waals surface area (Å²) < 4.78 is 0. The number of nitrogens with zero attached hydrogens (tertiary/aromatic N) is 1. The molecule has 1 fully saturated rings. The summed E-state index contributed by atoms with van der Waals surface area (Å²) in [5.74, 6) is 0.232. The Hall–Kier alpha value is -0.610. The van der Waals surface area contributed by atoms with Crippen molar-refractivity contribution in [3.8, 4) is 0 Å². The van der Waals surface area contributed by atoms with Crippen LogP contribution in [0.2, 0.25) is 0 Å². The number of aliphatic hydroxyl groups is 1. The molecule has 0 saturated heterocycles. The van der Waals surface area contributed by atoms with Crippen LogP contribution in [0.5, 0.6) is 0 Å². The van der Waals surface area contributed by atoms with Crippen molar-refractivity contribution in [3.05, 3.63) is 0 Å². The standard InChI is InChI=1S/C9H19N3O/c1-7(6-9(10)11)12(4-5-13)8-2-3-8/h7-8,13H,2-6H2,1H3,(H3,10,11). The van der Waals surface area contributed by atoms with Crippen molar-refractivity contribution in [2.24, 2.45) is 5.73 Å². The lowest BCUT2D eigenvalue weighted by Gasteiger charge is -2.27. The normalized spacial score (nSPS) is 19.0. The Morgan fingerprint density at radius 2 is 2.31 bits per heavy atom. The molecule has 0 amide bonds. The lowest BCUT2D eigenvalue weighted by molar-refractivity contribution is 0.153. The molecule has 4 N–H and O–H groups in total. The average molecular weight is 185 g/mol. The van der Waals surface area contributed by atoms with E-state index in [0.29, 0.717) is 19.0 Å². The molecule has 0 spiro atoms. The minimum Gasteiger partial charge on any atom is -0.395 e. The molecule has 1 rings (SSSR count). The highest BCUT2D eigenvalue weighted by Gasteiger charge is 2.31. The molecule has 0 aromatic heterocycles. The summed E-state index contributed by atoms with van der Waals surface area (Å²) in [6, 6.07) is 0.915. The van der Waals surface area contributed by atoms with E-state index in [2.05, 4.69) is 11.8 Å². The Morgan fingerprint density at radius 3 is 2.69 bits per heavy atom. The van der Waals surface area contributed by atoms with Gasteiger partial charge in [-0.2, -0.15) is 0 Å². The summed E-state index contributed by atoms with van der Waals surface area (Å²) in [6.45, 7) is 2.97. The Bertz CT molecular complexity index is 180. The highest BCUT2D eigenvalue weighted by atomic mass is 16.3. The Morgan fingerprint density at radius 1 is 1.69 bits per heavy atom. The van der Waals surface area contributed by atoms with Crippen LogP contribution in [0.15, 0.2) is 0 Å². The predicted octanol–water partition coefficient (Wildman–Crippen LogP) is 0.158. The minimum absolute atomic E-state index is 0.193. The zero-order valence-electron chi connectivity index (χ0n) is 8.16. The van der Waals surface area contributed by atoms with Crippen molar-refractivity contribution in [2.45, 2.75) is 38.3 Å². The van der Waals surface area contributed by atoms with E-state index in [1.807, 2.05) is 0 Å². The van der Waals surface area contributed by atoms with Crippen LogP contribution < -0.4 is 5.73 Å². The van der Waals surface area contributed by atoms with Gasteiger partial charge in [-0.1, -0.05) is 0 Å². The number of hydrogen-bond acceptors (Lipinski definition) is 3. The van der Waals surface area contributed by atoms with Crippen LogP contribution in [0, 0.1) is 5.41 Å². The van der Waals surface area contributed by atoms with Crippen LogP contribution in [0.25, 0.3) is 0 Å². The van der Waals surface area contributed by atoms with Crippen molar-refractivity contribution in [2.75, 3.05) is 13.2 Å². The molecule has 1 aliphatic rings. The molecule has 0 aliphatic heterocycles. The fourth-order valence-electron chi connectivity index (χ4n) is 1.72. The molecule has 4 heteroatoms. The lowest BCUT2D eigenvalue weighted by Crippen LogP contribution is -2.39. The fraction of sp³-hybridized carbons (Fsp3) is 0.889. The topological polar surface area (TPSA) is 73.3 Å². The van der Waals surface area contributed by atoms with Crippen LogP contribution in [0.4, 0.5) is 0 Å². The Labute approximate surface area is 79.2 Å². The third-order valence-electron chi connectivity index (χ3n) is 2.46. The highest BCUT2D eigenvalue weighted by Crippen LogP contribution is 2.28. The summed E-state index contributed by atoms with van der Waals surface area (Å²) in [6.07, 6.45) is 3.06. The van der Waals surface area contributed by atoms with E-state index in [-0.39, 0.29) is 18.5 Å². The highest BCUT2D eigenvalue weighted by molar-refractivity contribution is 5.77. The van der Waals surface area contributed by atoms with Gasteiger partial charge in [0, 0.05) is 25.0 Å². The molecular formula is C9H19N3O. The molecule has 0 heterocycles. The van der Waals surface area contributed by atoms with E-state index in [0.717, 1.165) is 0 Å². The van der Waals surface area contributed by atoms with Crippen molar-refractivity contribution in [1.82, 2.24) is 4.90 Å². The van der Waals surface area contributed by atoms with E-state index < -0.39 is 0 Å². The maximum Gasteiger partial charge on any atom is 0.0920 e. The van der Waals surface area contributed by atoms with Crippen LogP contribution in [0.1, 0.15) is 26.2 Å². The molecule has 1 atom stereocenters. The summed E-state index contributed by atoms with van der Waals surface area (Å²) in [7, 11) is 0. The van der Waals surface area contributed by atoms with Crippen molar-refractivity contribution in [1.29, 1.82) is 5.41 Å². The molecule has 13 heavy (non-hydrogen) atoms. The number of amidine groups is 1. The third-order valence-corrected chi connectivity index (χ3v) is 2.46. The smallest absolute Gasteiger partial charge is 0.0920 e. The van der Waals surface area contributed by atoms with E-state index >= 15 is 0 Å². The largest absolute Gasteiger partial charge is 0.395 e. The Balaban J connectivity index is 2.37. The predicted molar refractivity (Wildman–Crippen MR) is 52.8 cm³/mol. The first kappa shape index (κ1) is 10.5. The van der Waals surface area contributed by atoms with E-state index in [4.69, 9.17) is 16.2 Å². The van der Waals surface area contributed by atoms with E-state index in [1.165, 1.54) is 12.8 Å². The molecular weight excluding hydrogens is 166 g/mol. The Kier molecular flexibility index (Phi) is 3.69. The van der Waals surface area contributed by atoms with Crippen LogP contribution in [-0.2, 0) is 0 Å². The molecule has 1 aliphatic carbocycles.